The number of nitrogens with zero attached hydrogens (tertiary/aromatic N) is 4. The second-order valence-electron chi connectivity index (χ2n) is 7.95. The highest BCUT2D eigenvalue weighted by atomic mass is 16.5. The molecule has 0 spiro atoms. The van der Waals surface area contributed by atoms with Crippen molar-refractivity contribution < 1.29 is 9.53 Å². The molecule has 0 saturated carbocycles. The lowest BCUT2D eigenvalue weighted by atomic mass is 10.1. The highest BCUT2D eigenvalue weighted by Gasteiger charge is 2.33. The summed E-state index contributed by atoms with van der Waals surface area (Å²) >= 11 is 0. The Bertz CT molecular complexity index is 906. The highest BCUT2D eigenvalue weighted by Crippen LogP contribution is 2.30. The maximum Gasteiger partial charge on any atom is 0.251 e. The third-order valence-corrected chi connectivity index (χ3v) is 5.48. The third-order valence-electron chi connectivity index (χ3n) is 5.48. The number of H-pyrrole nitrogens is 1. The molecule has 2 fully saturated rings. The number of carbonyl (C=O) groups is 1. The molecular weight excluding hydrogens is 370 g/mol. The topological polar surface area (TPSA) is 91.4 Å². The number of nitrogens with one attached hydrogen (secondary N) is 1. The summed E-state index contributed by atoms with van der Waals surface area (Å²) < 4.78 is 5.76. The monoisotopic (exact) mass is 397 g/mol. The van der Waals surface area contributed by atoms with Crippen molar-refractivity contribution in [1.82, 2.24) is 24.8 Å². The molecule has 8 nitrogen and oxygen atoms in total. The summed E-state index contributed by atoms with van der Waals surface area (Å²) in [5.74, 6) is 0.629. The zero-order chi connectivity index (χ0) is 20.4. The van der Waals surface area contributed by atoms with Crippen molar-refractivity contribution in [3.8, 4) is 11.3 Å². The third kappa shape index (κ3) is 4.54. The zero-order valence-corrected chi connectivity index (χ0v) is 16.9. The van der Waals surface area contributed by atoms with Gasteiger partial charge in [-0.2, -0.15) is 0 Å². The first-order valence-corrected chi connectivity index (χ1v) is 10.2. The summed E-state index contributed by atoms with van der Waals surface area (Å²) in [6.45, 7) is 6.61. The van der Waals surface area contributed by atoms with Gasteiger partial charge >= 0.3 is 0 Å². The van der Waals surface area contributed by atoms with Crippen LogP contribution in [0, 0.1) is 0 Å². The highest BCUT2D eigenvalue weighted by molar-refractivity contribution is 5.79. The number of aromatic amines is 1. The van der Waals surface area contributed by atoms with Crippen LogP contribution >= 0.6 is 0 Å². The molecular formula is C21H27N5O3. The summed E-state index contributed by atoms with van der Waals surface area (Å²) in [5, 5.41) is 0. The van der Waals surface area contributed by atoms with E-state index < -0.39 is 0 Å². The van der Waals surface area contributed by atoms with E-state index in [1.54, 1.807) is 12.4 Å². The van der Waals surface area contributed by atoms with Crippen molar-refractivity contribution in [2.45, 2.75) is 44.9 Å². The molecule has 2 aromatic heterocycles. The van der Waals surface area contributed by atoms with E-state index in [-0.39, 0.29) is 29.7 Å². The van der Waals surface area contributed by atoms with Crippen molar-refractivity contribution in [3.05, 3.63) is 46.8 Å². The predicted octanol–water partition coefficient (Wildman–Crippen LogP) is 1.60. The fourth-order valence-electron chi connectivity index (χ4n) is 4.35. The van der Waals surface area contributed by atoms with Gasteiger partial charge in [-0.3, -0.25) is 19.5 Å². The minimum absolute atomic E-state index is 0.0748. The number of carbonyl (C=O) groups excluding carboxylic acids is 1. The number of ether oxygens (including phenoxy) is 1. The molecule has 2 saturated heterocycles. The van der Waals surface area contributed by atoms with Crippen LogP contribution in [0.25, 0.3) is 11.3 Å². The number of hydrogen-bond donors (Lipinski definition) is 1. The van der Waals surface area contributed by atoms with Crippen LogP contribution in [0.5, 0.6) is 0 Å². The molecule has 0 aromatic carbocycles. The number of rotatable bonds is 4. The molecule has 0 bridgehead atoms. The van der Waals surface area contributed by atoms with E-state index in [0.717, 1.165) is 31.5 Å². The maximum absolute atomic E-state index is 13.1. The van der Waals surface area contributed by atoms with E-state index in [1.165, 1.54) is 6.07 Å². The molecule has 8 heteroatoms. The Morgan fingerprint density at radius 2 is 1.97 bits per heavy atom. The van der Waals surface area contributed by atoms with Gasteiger partial charge in [0.25, 0.3) is 5.56 Å². The Labute approximate surface area is 169 Å². The van der Waals surface area contributed by atoms with E-state index in [2.05, 4.69) is 19.9 Å². The van der Waals surface area contributed by atoms with E-state index >= 15 is 0 Å². The minimum Gasteiger partial charge on any atom is -0.373 e. The van der Waals surface area contributed by atoms with Gasteiger partial charge in [-0.1, -0.05) is 0 Å². The standard InChI is InChI=1S/C21H27N5O3/c1-14-11-25(12-15(2)29-14)13-20(28)26-9-3-4-18(26)21-23-17(10-19(27)24-21)16-5-7-22-8-6-16/h5-8,10,14-15,18H,3-4,9,11-13H2,1-2H3,(H,23,24,27). The van der Waals surface area contributed by atoms with Crippen molar-refractivity contribution in [1.29, 1.82) is 0 Å². The summed E-state index contributed by atoms with van der Waals surface area (Å²) in [6.07, 6.45) is 5.29. The Morgan fingerprint density at radius 1 is 1.24 bits per heavy atom. The second kappa shape index (κ2) is 8.42. The van der Waals surface area contributed by atoms with Crippen LogP contribution in [-0.2, 0) is 9.53 Å². The maximum atomic E-state index is 13.1. The van der Waals surface area contributed by atoms with Gasteiger partial charge in [-0.05, 0) is 38.8 Å². The van der Waals surface area contributed by atoms with Gasteiger partial charge in [0.15, 0.2) is 0 Å². The summed E-state index contributed by atoms with van der Waals surface area (Å²) in [7, 11) is 0. The van der Waals surface area contributed by atoms with E-state index in [4.69, 9.17) is 4.74 Å². The van der Waals surface area contributed by atoms with Gasteiger partial charge in [-0.25, -0.2) is 4.98 Å². The molecule has 1 amide bonds. The number of morpholine rings is 1. The quantitative estimate of drug-likeness (QED) is 0.843. The Hall–Kier alpha value is -2.58. The van der Waals surface area contributed by atoms with Crippen molar-refractivity contribution >= 4 is 5.91 Å². The van der Waals surface area contributed by atoms with Gasteiger partial charge in [-0.15, -0.1) is 0 Å². The molecule has 0 aliphatic carbocycles. The first kappa shape index (κ1) is 19.7. The van der Waals surface area contributed by atoms with Crippen LogP contribution < -0.4 is 5.56 Å². The molecule has 2 aliphatic rings. The number of pyridine rings is 1. The lowest BCUT2D eigenvalue weighted by Crippen LogP contribution is -2.49. The van der Waals surface area contributed by atoms with Gasteiger partial charge in [0.1, 0.15) is 5.82 Å². The molecule has 2 aliphatic heterocycles. The van der Waals surface area contributed by atoms with Crippen LogP contribution in [-0.4, -0.2) is 69.0 Å². The first-order chi connectivity index (χ1) is 14.0. The lowest BCUT2D eigenvalue weighted by molar-refractivity contribution is -0.137. The average molecular weight is 397 g/mol. The molecule has 4 rings (SSSR count). The molecule has 154 valence electrons. The summed E-state index contributed by atoms with van der Waals surface area (Å²) in [6, 6.07) is 4.93. The van der Waals surface area contributed by atoms with E-state index in [9.17, 15) is 9.59 Å². The number of hydrogen-bond acceptors (Lipinski definition) is 6. The molecule has 3 atom stereocenters. The molecule has 29 heavy (non-hydrogen) atoms. The first-order valence-electron chi connectivity index (χ1n) is 10.2. The molecule has 2 aromatic rings. The SMILES string of the molecule is CC1CN(CC(=O)N2CCCC2c2nc(-c3ccncc3)cc(=O)[nH]2)CC(C)O1. The fraction of sp³-hybridized carbons (Fsp3) is 0.524. The predicted molar refractivity (Wildman–Crippen MR) is 108 cm³/mol. The van der Waals surface area contributed by atoms with Gasteiger partial charge in [0.2, 0.25) is 5.91 Å². The van der Waals surface area contributed by atoms with Crippen LogP contribution in [0.2, 0.25) is 0 Å². The number of likely N-dealkylation sites (tertiary alicyclic amines) is 1. The lowest BCUT2D eigenvalue weighted by Gasteiger charge is -2.36. The molecule has 0 radical (unpaired) electrons. The van der Waals surface area contributed by atoms with Crippen LogP contribution in [0.15, 0.2) is 35.4 Å². The van der Waals surface area contributed by atoms with Crippen LogP contribution in [0.3, 0.4) is 0 Å². The molecule has 3 unspecified atom stereocenters. The Balaban J connectivity index is 1.53. The Morgan fingerprint density at radius 3 is 2.69 bits per heavy atom. The van der Waals surface area contributed by atoms with Gasteiger partial charge in [0, 0.05) is 43.7 Å². The Kier molecular flexibility index (Phi) is 5.73. The second-order valence-corrected chi connectivity index (χ2v) is 7.95. The largest absolute Gasteiger partial charge is 0.373 e. The summed E-state index contributed by atoms with van der Waals surface area (Å²) in [5.41, 5.74) is 1.22. The average Bonchev–Trinajstić information content (AvgIpc) is 3.17. The smallest absolute Gasteiger partial charge is 0.251 e. The number of amides is 1. The fourth-order valence-corrected chi connectivity index (χ4v) is 4.35. The van der Waals surface area contributed by atoms with Crippen molar-refractivity contribution in [3.63, 3.8) is 0 Å². The van der Waals surface area contributed by atoms with E-state index in [0.29, 0.717) is 24.6 Å². The van der Waals surface area contributed by atoms with Gasteiger partial charge < -0.3 is 14.6 Å². The normalized spacial score (nSPS) is 25.3. The molecule has 4 heterocycles. The zero-order valence-electron chi connectivity index (χ0n) is 16.9. The molecule has 1 N–H and O–H groups in total. The van der Waals surface area contributed by atoms with Gasteiger partial charge in [0.05, 0.1) is 30.5 Å². The summed E-state index contributed by atoms with van der Waals surface area (Å²) in [4.78, 5) is 40.9. The number of aromatic nitrogens is 3. The van der Waals surface area contributed by atoms with E-state index in [1.807, 2.05) is 30.9 Å². The van der Waals surface area contributed by atoms with Crippen LogP contribution in [0.4, 0.5) is 0 Å². The van der Waals surface area contributed by atoms with Crippen LogP contribution in [0.1, 0.15) is 38.6 Å². The minimum atomic E-state index is -0.211. The van der Waals surface area contributed by atoms with Crippen molar-refractivity contribution in [2.24, 2.45) is 0 Å². The van der Waals surface area contributed by atoms with Crippen molar-refractivity contribution in [2.75, 3.05) is 26.2 Å².